The van der Waals surface area contributed by atoms with E-state index in [1.165, 1.54) is 6.20 Å². The van der Waals surface area contributed by atoms with E-state index in [4.69, 9.17) is 24.6 Å². The molecule has 1 fully saturated rings. The Hall–Kier alpha value is -3.89. The van der Waals surface area contributed by atoms with Gasteiger partial charge in [0.05, 0.1) is 19.3 Å². The summed E-state index contributed by atoms with van der Waals surface area (Å²) in [5.41, 5.74) is 5.48. The molecule has 4 heterocycles. The Morgan fingerprint density at radius 2 is 2.11 bits per heavy atom. The third-order valence-corrected chi connectivity index (χ3v) is 5.55. The van der Waals surface area contributed by atoms with Crippen LogP contribution < -0.4 is 10.5 Å². The molecule has 0 radical (unpaired) electrons. The molecule has 204 valence electrons. The lowest BCUT2D eigenvalue weighted by molar-refractivity contribution is -0.0827. The van der Waals surface area contributed by atoms with Gasteiger partial charge in [0.15, 0.2) is 23.1 Å². The van der Waals surface area contributed by atoms with Gasteiger partial charge in [-0.2, -0.15) is 0 Å². The molecule has 1 aliphatic heterocycles. The van der Waals surface area contributed by atoms with Crippen LogP contribution >= 0.6 is 0 Å². The number of nitrogens with two attached hydrogens (primary N) is 1. The van der Waals surface area contributed by atoms with Crippen LogP contribution in [0, 0.1) is 11.8 Å². The van der Waals surface area contributed by atoms with Crippen molar-refractivity contribution in [2.75, 3.05) is 25.4 Å². The zero-order valence-corrected chi connectivity index (χ0v) is 22.4. The first-order valence-corrected chi connectivity index (χ1v) is 12.3. The van der Waals surface area contributed by atoms with E-state index < -0.39 is 29.5 Å². The number of morpholine rings is 1. The van der Waals surface area contributed by atoms with Crippen molar-refractivity contribution in [3.05, 3.63) is 11.9 Å². The highest BCUT2D eigenvalue weighted by atomic mass is 16.6. The van der Waals surface area contributed by atoms with Crippen LogP contribution in [0.4, 0.5) is 10.6 Å². The maximum atomic E-state index is 12.6. The Balaban J connectivity index is 1.65. The average Bonchev–Trinajstić information content (AvgIpc) is 3.46. The highest BCUT2D eigenvalue weighted by Gasteiger charge is 2.33. The fraction of sp³-hybridized carbons (Fsp3) is 0.560. The van der Waals surface area contributed by atoms with Gasteiger partial charge in [-0.3, -0.25) is 0 Å². The normalized spacial score (nSPS) is 17.1. The molecule has 2 atom stereocenters. The number of carbonyl (C=O) groups is 1. The lowest BCUT2D eigenvalue weighted by atomic mass is 10.1. The summed E-state index contributed by atoms with van der Waals surface area (Å²) in [4.78, 5) is 26.4. The van der Waals surface area contributed by atoms with Gasteiger partial charge < -0.3 is 34.9 Å². The Morgan fingerprint density at radius 1 is 1.34 bits per heavy atom. The van der Waals surface area contributed by atoms with E-state index in [1.807, 2.05) is 27.7 Å². The van der Waals surface area contributed by atoms with Crippen molar-refractivity contribution in [1.29, 1.82) is 0 Å². The van der Waals surface area contributed by atoms with Gasteiger partial charge in [0.25, 0.3) is 0 Å². The van der Waals surface area contributed by atoms with E-state index in [-0.39, 0.29) is 11.5 Å². The SMILES string of the molecule is CCC(Oc1cnc(C#CC(C)(C)O)c2nc(-c3nonc3N)[nH]c12)C1CN(C(=O)OC(C)(C)C)CCO1. The number of nitrogen functional groups attached to an aromatic ring is 1. The number of aromatic nitrogens is 5. The molecule has 0 aromatic carbocycles. The minimum Gasteiger partial charge on any atom is -0.484 e. The summed E-state index contributed by atoms with van der Waals surface area (Å²) in [6, 6.07) is 0. The van der Waals surface area contributed by atoms with Gasteiger partial charge in [-0.05, 0) is 57.3 Å². The number of pyridine rings is 1. The van der Waals surface area contributed by atoms with Crippen LogP contribution in [0.25, 0.3) is 22.6 Å². The monoisotopic (exact) mass is 527 g/mol. The highest BCUT2D eigenvalue weighted by molar-refractivity contribution is 5.88. The van der Waals surface area contributed by atoms with E-state index in [0.29, 0.717) is 54.4 Å². The largest absolute Gasteiger partial charge is 0.484 e. The molecule has 4 N–H and O–H groups in total. The number of hydrogen-bond donors (Lipinski definition) is 3. The van der Waals surface area contributed by atoms with E-state index >= 15 is 0 Å². The standard InChI is InChI=1S/C25H33N7O6/c1-7-15(17-13-32(10-11-35-17)23(33)37-24(2,3)4)36-16-12-27-14(8-9-25(5,6)34)18-19(16)29-22(28-18)20-21(26)31-38-30-20/h12,15,17,34H,7,10-11,13H2,1-6H3,(H2,26,31)(H,28,29). The van der Waals surface area contributed by atoms with Gasteiger partial charge in [0, 0.05) is 6.54 Å². The molecule has 2 unspecified atom stereocenters. The molecule has 1 saturated heterocycles. The summed E-state index contributed by atoms with van der Waals surface area (Å²) in [6.45, 7) is 11.7. The molecule has 0 saturated carbocycles. The molecule has 3 aromatic heterocycles. The zero-order valence-electron chi connectivity index (χ0n) is 22.4. The van der Waals surface area contributed by atoms with E-state index in [0.717, 1.165) is 0 Å². The number of aromatic amines is 1. The second-order valence-electron chi connectivity index (χ2n) is 10.5. The second kappa shape index (κ2) is 10.5. The number of amides is 1. The Kier molecular flexibility index (Phi) is 7.48. The zero-order chi connectivity index (χ0) is 27.7. The average molecular weight is 528 g/mol. The number of H-pyrrole nitrogens is 1. The van der Waals surface area contributed by atoms with Crippen molar-refractivity contribution >= 4 is 22.9 Å². The van der Waals surface area contributed by atoms with Crippen molar-refractivity contribution in [1.82, 2.24) is 30.2 Å². The fourth-order valence-electron chi connectivity index (χ4n) is 3.81. The van der Waals surface area contributed by atoms with Crippen molar-refractivity contribution in [3.8, 4) is 29.1 Å². The predicted molar refractivity (Wildman–Crippen MR) is 137 cm³/mol. The van der Waals surface area contributed by atoms with Gasteiger partial charge in [0.1, 0.15) is 40.1 Å². The fourth-order valence-corrected chi connectivity index (χ4v) is 3.81. The molecule has 13 nitrogen and oxygen atoms in total. The van der Waals surface area contributed by atoms with Crippen LogP contribution in [0.2, 0.25) is 0 Å². The third-order valence-electron chi connectivity index (χ3n) is 5.55. The first-order chi connectivity index (χ1) is 17.8. The maximum Gasteiger partial charge on any atom is 0.410 e. The molecule has 1 amide bonds. The minimum atomic E-state index is -1.23. The lowest BCUT2D eigenvalue weighted by Crippen LogP contribution is -2.52. The summed E-state index contributed by atoms with van der Waals surface area (Å²) in [5.74, 6) is 6.37. The van der Waals surface area contributed by atoms with Gasteiger partial charge in [-0.15, -0.1) is 0 Å². The first-order valence-electron chi connectivity index (χ1n) is 12.3. The Bertz CT molecular complexity index is 1360. The Labute approximate surface area is 220 Å². The Morgan fingerprint density at radius 3 is 2.74 bits per heavy atom. The number of imidazole rings is 1. The number of anilines is 1. The molecule has 0 spiro atoms. The molecule has 4 rings (SSSR count). The van der Waals surface area contributed by atoms with Crippen LogP contribution in [-0.2, 0) is 9.47 Å². The molecule has 0 bridgehead atoms. The summed E-state index contributed by atoms with van der Waals surface area (Å²) >= 11 is 0. The third kappa shape index (κ3) is 6.32. The van der Waals surface area contributed by atoms with Crippen molar-refractivity contribution in [3.63, 3.8) is 0 Å². The van der Waals surface area contributed by atoms with Crippen molar-refractivity contribution in [2.24, 2.45) is 0 Å². The van der Waals surface area contributed by atoms with Crippen LogP contribution in [0.5, 0.6) is 5.75 Å². The van der Waals surface area contributed by atoms with Crippen molar-refractivity contribution < 1.29 is 28.7 Å². The van der Waals surface area contributed by atoms with Gasteiger partial charge in [-0.1, -0.05) is 12.8 Å². The topological polar surface area (TPSA) is 175 Å². The van der Waals surface area contributed by atoms with Crippen molar-refractivity contribution in [2.45, 2.75) is 71.4 Å². The smallest absolute Gasteiger partial charge is 0.410 e. The number of nitrogens with zero attached hydrogens (tertiary/aromatic N) is 5. The van der Waals surface area contributed by atoms with Gasteiger partial charge in [-0.25, -0.2) is 19.4 Å². The number of hydrogen-bond acceptors (Lipinski definition) is 11. The maximum absolute atomic E-state index is 12.6. The highest BCUT2D eigenvalue weighted by Crippen LogP contribution is 2.31. The van der Waals surface area contributed by atoms with E-state index in [1.54, 1.807) is 18.7 Å². The van der Waals surface area contributed by atoms with Crippen LogP contribution in [0.1, 0.15) is 53.7 Å². The van der Waals surface area contributed by atoms with Gasteiger partial charge in [0.2, 0.25) is 0 Å². The number of ether oxygens (including phenoxy) is 3. The van der Waals surface area contributed by atoms with Crippen LogP contribution in [-0.4, -0.2) is 84.5 Å². The molecular weight excluding hydrogens is 494 g/mol. The predicted octanol–water partition coefficient (Wildman–Crippen LogP) is 2.51. The summed E-state index contributed by atoms with van der Waals surface area (Å²) in [6.07, 6.45) is 0.917. The molecule has 3 aromatic rings. The number of fused-ring (bicyclic) bond motifs is 1. The number of nitrogens with one attached hydrogen (secondary N) is 1. The number of rotatable bonds is 5. The molecule has 38 heavy (non-hydrogen) atoms. The summed E-state index contributed by atoms with van der Waals surface area (Å²) in [5, 5.41) is 17.5. The van der Waals surface area contributed by atoms with Crippen LogP contribution in [0.3, 0.4) is 0 Å². The van der Waals surface area contributed by atoms with E-state index in [9.17, 15) is 9.90 Å². The number of aliphatic hydroxyl groups is 1. The molecule has 1 aliphatic rings. The molecule has 0 aliphatic carbocycles. The van der Waals surface area contributed by atoms with Crippen LogP contribution in [0.15, 0.2) is 10.8 Å². The second-order valence-corrected chi connectivity index (χ2v) is 10.5. The quantitative estimate of drug-likeness (QED) is 0.416. The number of carbonyl (C=O) groups excluding carboxylic acids is 1. The lowest BCUT2D eigenvalue weighted by Gasteiger charge is -2.37. The summed E-state index contributed by atoms with van der Waals surface area (Å²) < 4.78 is 22.6. The minimum absolute atomic E-state index is 0.0629. The van der Waals surface area contributed by atoms with Gasteiger partial charge >= 0.3 is 6.09 Å². The first kappa shape index (κ1) is 27.2. The van der Waals surface area contributed by atoms with E-state index in [2.05, 4.69) is 37.1 Å². The molecular formula is C25H33N7O6. The summed E-state index contributed by atoms with van der Waals surface area (Å²) in [7, 11) is 0. The molecule has 13 heteroatoms.